The highest BCUT2D eigenvalue weighted by atomic mass is 32.1. The molecular formula is C36H32N2O2S. The lowest BCUT2D eigenvalue weighted by atomic mass is 9.83. The number of anilines is 1. The van der Waals surface area contributed by atoms with Gasteiger partial charge in [-0.3, -0.25) is 14.2 Å². The third-order valence-corrected chi connectivity index (χ3v) is 9.46. The fourth-order valence-electron chi connectivity index (χ4n) is 5.67. The maximum Gasteiger partial charge on any atom is 0.261 e. The minimum atomic E-state index is -0.693. The summed E-state index contributed by atoms with van der Waals surface area (Å²) in [5.41, 5.74) is 6.89. The van der Waals surface area contributed by atoms with Crippen molar-refractivity contribution in [2.24, 2.45) is 5.41 Å². The number of rotatable bonds is 5. The molecule has 0 unspecified atom stereocenters. The minimum Gasteiger partial charge on any atom is -0.399 e. The number of aromatic nitrogens is 1. The van der Waals surface area contributed by atoms with Crippen LogP contribution in [0.5, 0.6) is 0 Å². The number of hydrogen-bond donors (Lipinski definition) is 1. The Morgan fingerprint density at radius 1 is 0.829 bits per heavy atom. The smallest absolute Gasteiger partial charge is 0.261 e. The van der Waals surface area contributed by atoms with E-state index in [2.05, 4.69) is 44.4 Å². The number of nitrogens with zero attached hydrogens (tertiary/aromatic N) is 1. The highest BCUT2D eigenvalue weighted by Gasteiger charge is 2.30. The first kappa shape index (κ1) is 26.8. The molecule has 0 fully saturated rings. The molecule has 0 bridgehead atoms. The largest absolute Gasteiger partial charge is 0.399 e. The molecule has 0 saturated carbocycles. The molecule has 2 aromatic heterocycles. The molecular weight excluding hydrogens is 524 g/mol. The van der Waals surface area contributed by atoms with Gasteiger partial charge in [0.1, 0.15) is 0 Å². The van der Waals surface area contributed by atoms with E-state index in [-0.39, 0.29) is 16.5 Å². The van der Waals surface area contributed by atoms with Crippen molar-refractivity contribution in [3.8, 4) is 11.8 Å². The molecule has 0 aliphatic carbocycles. The standard InChI is InChI=1S/C36H32N2O2S/c1-6-35(2,3)18-19-36(4,5)38-33(39)27-17-16-26-25-12-7-8-13-29(25)41-32-23(15-14-22-10-9-11-24(37)20-22)21-28(34(38)40)30(27)31(26)32/h6-13,16-17,20-21H,1,18-19,37H2,2-5H3. The predicted octanol–water partition coefficient (Wildman–Crippen LogP) is 8.03. The molecule has 0 saturated heterocycles. The first-order valence-corrected chi connectivity index (χ1v) is 14.6. The van der Waals surface area contributed by atoms with Gasteiger partial charge in [0.25, 0.3) is 11.1 Å². The minimum absolute atomic E-state index is 0.105. The summed E-state index contributed by atoms with van der Waals surface area (Å²) in [6.07, 6.45) is 3.38. The third kappa shape index (κ3) is 4.49. The molecule has 2 N–H and O–H groups in total. The Kier molecular flexibility index (Phi) is 6.28. The van der Waals surface area contributed by atoms with E-state index in [1.54, 1.807) is 11.3 Å². The molecule has 0 aliphatic rings. The summed E-state index contributed by atoms with van der Waals surface area (Å²) in [4.78, 5) is 28.4. The lowest BCUT2D eigenvalue weighted by Gasteiger charge is -2.31. The van der Waals surface area contributed by atoms with Gasteiger partial charge in [-0.25, -0.2) is 0 Å². The molecule has 0 radical (unpaired) electrons. The zero-order chi connectivity index (χ0) is 29.1. The van der Waals surface area contributed by atoms with Crippen molar-refractivity contribution in [3.63, 3.8) is 0 Å². The van der Waals surface area contributed by atoms with Gasteiger partial charge in [-0.15, -0.1) is 17.9 Å². The number of nitrogen functional groups attached to an aromatic ring is 1. The Hall–Kier alpha value is -4.40. The van der Waals surface area contributed by atoms with Crippen molar-refractivity contribution in [2.75, 3.05) is 5.73 Å². The summed E-state index contributed by atoms with van der Waals surface area (Å²) in [5.74, 6) is 6.61. The zero-order valence-electron chi connectivity index (χ0n) is 23.8. The normalized spacial score (nSPS) is 12.3. The summed E-state index contributed by atoms with van der Waals surface area (Å²) in [5, 5.41) is 4.84. The van der Waals surface area contributed by atoms with E-state index >= 15 is 0 Å². The van der Waals surface area contributed by atoms with Crippen LogP contribution in [0.3, 0.4) is 0 Å². The summed E-state index contributed by atoms with van der Waals surface area (Å²) in [6, 6.07) is 21.5. The molecule has 0 spiro atoms. The predicted molar refractivity (Wildman–Crippen MR) is 175 cm³/mol. The molecule has 0 aliphatic heterocycles. The molecule has 41 heavy (non-hydrogen) atoms. The van der Waals surface area contributed by atoms with E-state index in [1.807, 2.05) is 74.5 Å². The Bertz CT molecular complexity index is 2190. The topological polar surface area (TPSA) is 65.1 Å². The maximum absolute atomic E-state index is 14.3. The van der Waals surface area contributed by atoms with Crippen molar-refractivity contribution in [1.82, 2.24) is 4.57 Å². The van der Waals surface area contributed by atoms with Gasteiger partial charge in [-0.1, -0.05) is 62.1 Å². The lowest BCUT2D eigenvalue weighted by molar-refractivity contribution is 0.263. The summed E-state index contributed by atoms with van der Waals surface area (Å²) in [6.45, 7) is 12.2. The van der Waals surface area contributed by atoms with Crippen LogP contribution >= 0.6 is 11.3 Å². The number of nitrogens with two attached hydrogens (primary N) is 1. The third-order valence-electron chi connectivity index (χ3n) is 8.26. The Labute approximate surface area is 243 Å². The van der Waals surface area contributed by atoms with Crippen LogP contribution < -0.4 is 16.9 Å². The van der Waals surface area contributed by atoms with E-state index in [9.17, 15) is 9.59 Å². The first-order valence-electron chi connectivity index (χ1n) is 13.8. The molecule has 4 aromatic carbocycles. The van der Waals surface area contributed by atoms with Crippen LogP contribution in [-0.4, -0.2) is 4.57 Å². The first-order chi connectivity index (χ1) is 19.5. The van der Waals surface area contributed by atoms with Crippen molar-refractivity contribution >= 4 is 58.7 Å². The van der Waals surface area contributed by atoms with Gasteiger partial charge in [0.15, 0.2) is 0 Å². The van der Waals surface area contributed by atoms with E-state index < -0.39 is 5.54 Å². The van der Waals surface area contributed by atoms with E-state index in [1.165, 1.54) is 4.57 Å². The number of pyridine rings is 1. The number of benzene rings is 4. The summed E-state index contributed by atoms with van der Waals surface area (Å²) in [7, 11) is 0. The number of fused-ring (bicyclic) bond motifs is 2. The molecule has 204 valence electrons. The van der Waals surface area contributed by atoms with Crippen molar-refractivity contribution < 1.29 is 0 Å². The fourth-order valence-corrected chi connectivity index (χ4v) is 6.86. The van der Waals surface area contributed by atoms with Gasteiger partial charge in [0, 0.05) is 43.2 Å². The van der Waals surface area contributed by atoms with Crippen LogP contribution in [0.1, 0.15) is 51.7 Å². The molecule has 0 atom stereocenters. The Morgan fingerprint density at radius 3 is 2.32 bits per heavy atom. The number of hydrogen-bond acceptors (Lipinski definition) is 4. The highest BCUT2D eigenvalue weighted by Crippen LogP contribution is 2.41. The van der Waals surface area contributed by atoms with Crippen LogP contribution in [-0.2, 0) is 5.54 Å². The van der Waals surface area contributed by atoms with Crippen LogP contribution in [0, 0.1) is 17.3 Å². The van der Waals surface area contributed by atoms with Crippen LogP contribution in [0.15, 0.2) is 89.0 Å². The maximum atomic E-state index is 14.3. The zero-order valence-corrected chi connectivity index (χ0v) is 24.6. The van der Waals surface area contributed by atoms with Gasteiger partial charge >= 0.3 is 0 Å². The van der Waals surface area contributed by atoms with Crippen molar-refractivity contribution in [3.05, 3.63) is 111 Å². The monoisotopic (exact) mass is 556 g/mol. The van der Waals surface area contributed by atoms with Gasteiger partial charge in [0.2, 0.25) is 0 Å². The molecule has 4 nitrogen and oxygen atoms in total. The highest BCUT2D eigenvalue weighted by molar-refractivity contribution is 7.25. The number of allylic oxidation sites excluding steroid dienone is 1. The van der Waals surface area contributed by atoms with Crippen molar-refractivity contribution in [1.29, 1.82) is 0 Å². The summed E-state index contributed by atoms with van der Waals surface area (Å²) < 4.78 is 3.55. The van der Waals surface area contributed by atoms with Gasteiger partial charge in [-0.05, 0) is 79.3 Å². The fraction of sp³-hybridized carbons (Fsp3) is 0.222. The van der Waals surface area contributed by atoms with Gasteiger partial charge < -0.3 is 5.73 Å². The van der Waals surface area contributed by atoms with Crippen LogP contribution in [0.25, 0.3) is 41.7 Å². The molecule has 0 amide bonds. The second kappa shape index (κ2) is 9.61. The molecule has 6 rings (SSSR count). The lowest BCUT2D eigenvalue weighted by Crippen LogP contribution is -2.45. The van der Waals surface area contributed by atoms with Gasteiger partial charge in [0.05, 0.1) is 10.1 Å². The SMILES string of the molecule is C=CC(C)(C)CCC(C)(C)n1c(=O)c2ccc3c4ccccc4sc4c(C#Cc5cccc(N)c5)cc(c1=O)c2c43. The quantitative estimate of drug-likeness (QED) is 0.0769. The van der Waals surface area contributed by atoms with Gasteiger partial charge in [-0.2, -0.15) is 0 Å². The average molecular weight is 557 g/mol. The second-order valence-electron chi connectivity index (χ2n) is 12.1. The molecule has 6 aromatic rings. The average Bonchev–Trinajstić information content (AvgIpc) is 2.95. The van der Waals surface area contributed by atoms with Crippen LogP contribution in [0.4, 0.5) is 5.69 Å². The van der Waals surface area contributed by atoms with E-state index in [0.29, 0.717) is 22.9 Å². The van der Waals surface area contributed by atoms with E-state index in [0.717, 1.165) is 48.5 Å². The van der Waals surface area contributed by atoms with E-state index in [4.69, 9.17) is 5.73 Å². The van der Waals surface area contributed by atoms with Crippen LogP contribution in [0.2, 0.25) is 0 Å². The Balaban J connectivity index is 1.71. The second-order valence-corrected chi connectivity index (χ2v) is 13.2. The summed E-state index contributed by atoms with van der Waals surface area (Å²) >= 11 is 1.64. The van der Waals surface area contributed by atoms with Crippen molar-refractivity contribution in [2.45, 2.75) is 46.1 Å². The Morgan fingerprint density at radius 2 is 1.56 bits per heavy atom. The molecule has 2 heterocycles. The molecule has 5 heteroatoms.